The van der Waals surface area contributed by atoms with Crippen LogP contribution in [0.2, 0.25) is 0 Å². The summed E-state index contributed by atoms with van der Waals surface area (Å²) < 4.78 is 0.966. The van der Waals surface area contributed by atoms with E-state index in [1.54, 1.807) is 6.20 Å². The second kappa shape index (κ2) is 4.10. The smallest absolute Gasteiger partial charge is 0.214 e. The maximum absolute atomic E-state index is 4.21. The molecule has 2 rings (SSSR count). The fourth-order valence-corrected chi connectivity index (χ4v) is 1.82. The van der Waals surface area contributed by atoms with E-state index in [-0.39, 0.29) is 0 Å². The van der Waals surface area contributed by atoms with E-state index in [0.29, 0.717) is 5.16 Å². The van der Waals surface area contributed by atoms with Crippen LogP contribution in [0.15, 0.2) is 33.0 Å². The van der Waals surface area contributed by atoms with E-state index in [4.69, 9.17) is 0 Å². The quantitative estimate of drug-likeness (QED) is 0.911. The maximum Gasteiger partial charge on any atom is 0.214 e. The zero-order valence-electron chi connectivity index (χ0n) is 7.36. The number of nitrogens with one attached hydrogen (secondary N) is 1. The van der Waals surface area contributed by atoms with Crippen molar-refractivity contribution in [1.82, 2.24) is 20.2 Å². The molecule has 0 radical (unpaired) electrons. The molecule has 2 heterocycles. The number of hydrogen-bond acceptors (Lipinski definition) is 4. The number of halogens is 1. The molecule has 72 valence electrons. The lowest BCUT2D eigenvalue weighted by Crippen LogP contribution is -1.80. The standard InChI is InChI=1S/C8H7BrN4S/c1-5-11-8(13-12-5)14-7-3-2-6(9)4-10-7/h2-4H,1H3,(H,11,12,13). The van der Waals surface area contributed by atoms with Gasteiger partial charge >= 0.3 is 0 Å². The minimum Gasteiger partial charge on any atom is -0.262 e. The van der Waals surface area contributed by atoms with Crippen LogP contribution in [0.1, 0.15) is 5.82 Å². The van der Waals surface area contributed by atoms with E-state index in [0.717, 1.165) is 15.3 Å². The van der Waals surface area contributed by atoms with Gasteiger partial charge in [-0.1, -0.05) is 0 Å². The van der Waals surface area contributed by atoms with Crippen molar-refractivity contribution in [2.75, 3.05) is 0 Å². The van der Waals surface area contributed by atoms with Crippen molar-refractivity contribution in [3.8, 4) is 0 Å². The summed E-state index contributed by atoms with van der Waals surface area (Å²) in [6.07, 6.45) is 1.75. The van der Waals surface area contributed by atoms with Crippen LogP contribution in [0.25, 0.3) is 0 Å². The van der Waals surface area contributed by atoms with Gasteiger partial charge in [-0.15, -0.1) is 5.10 Å². The third kappa shape index (κ3) is 2.33. The Morgan fingerprint density at radius 1 is 1.43 bits per heavy atom. The van der Waals surface area contributed by atoms with Gasteiger partial charge in [0.25, 0.3) is 0 Å². The first-order chi connectivity index (χ1) is 6.74. The van der Waals surface area contributed by atoms with Gasteiger partial charge in [0, 0.05) is 10.7 Å². The van der Waals surface area contributed by atoms with Crippen molar-refractivity contribution in [2.45, 2.75) is 17.1 Å². The van der Waals surface area contributed by atoms with Gasteiger partial charge in [-0.05, 0) is 46.7 Å². The lowest BCUT2D eigenvalue weighted by Gasteiger charge is -1.94. The van der Waals surface area contributed by atoms with Gasteiger partial charge < -0.3 is 0 Å². The third-order valence-corrected chi connectivity index (χ3v) is 2.76. The lowest BCUT2D eigenvalue weighted by atomic mass is 10.5. The van der Waals surface area contributed by atoms with E-state index < -0.39 is 0 Å². The third-order valence-electron chi connectivity index (χ3n) is 1.47. The Bertz CT molecular complexity index is 425. The summed E-state index contributed by atoms with van der Waals surface area (Å²) in [5, 5.41) is 8.36. The highest BCUT2D eigenvalue weighted by molar-refractivity contribution is 9.10. The second-order valence-corrected chi connectivity index (χ2v) is 4.52. The highest BCUT2D eigenvalue weighted by Gasteiger charge is 2.03. The van der Waals surface area contributed by atoms with Crippen LogP contribution < -0.4 is 0 Å². The first-order valence-corrected chi connectivity index (χ1v) is 5.53. The van der Waals surface area contributed by atoms with Crippen molar-refractivity contribution < 1.29 is 0 Å². The molecule has 2 aromatic heterocycles. The minimum atomic E-state index is 0.692. The highest BCUT2D eigenvalue weighted by Crippen LogP contribution is 2.22. The van der Waals surface area contributed by atoms with Gasteiger partial charge in [-0.2, -0.15) is 0 Å². The van der Waals surface area contributed by atoms with Gasteiger partial charge in [0.2, 0.25) is 5.16 Å². The molecule has 0 aliphatic carbocycles. The molecule has 0 amide bonds. The van der Waals surface area contributed by atoms with Crippen molar-refractivity contribution in [3.63, 3.8) is 0 Å². The Hall–Kier alpha value is -0.880. The number of rotatable bonds is 2. The van der Waals surface area contributed by atoms with Crippen molar-refractivity contribution >= 4 is 27.7 Å². The van der Waals surface area contributed by atoms with E-state index in [2.05, 4.69) is 36.1 Å². The minimum absolute atomic E-state index is 0.692. The first kappa shape index (κ1) is 9.67. The van der Waals surface area contributed by atoms with Crippen molar-refractivity contribution in [3.05, 3.63) is 28.6 Å². The largest absolute Gasteiger partial charge is 0.262 e. The fraction of sp³-hybridized carbons (Fsp3) is 0.125. The topological polar surface area (TPSA) is 54.5 Å². The number of pyridine rings is 1. The monoisotopic (exact) mass is 270 g/mol. The number of hydrogen-bond donors (Lipinski definition) is 1. The van der Waals surface area contributed by atoms with Gasteiger partial charge in [-0.3, -0.25) is 5.10 Å². The second-order valence-electron chi connectivity index (χ2n) is 2.62. The van der Waals surface area contributed by atoms with E-state index >= 15 is 0 Å². The summed E-state index contributed by atoms with van der Waals surface area (Å²) in [4.78, 5) is 8.38. The van der Waals surface area contributed by atoms with Gasteiger partial charge in [0.1, 0.15) is 10.9 Å². The van der Waals surface area contributed by atoms with Crippen molar-refractivity contribution in [2.24, 2.45) is 0 Å². The Morgan fingerprint density at radius 3 is 2.86 bits per heavy atom. The Morgan fingerprint density at radius 2 is 2.29 bits per heavy atom. The van der Waals surface area contributed by atoms with Crippen LogP contribution in [-0.4, -0.2) is 20.2 Å². The van der Waals surface area contributed by atoms with E-state index in [1.807, 2.05) is 19.1 Å². The number of aromatic amines is 1. The predicted molar refractivity (Wildman–Crippen MR) is 57.2 cm³/mol. The van der Waals surface area contributed by atoms with Crippen LogP contribution in [0.4, 0.5) is 0 Å². The molecule has 0 saturated carbocycles. The Kier molecular flexibility index (Phi) is 2.83. The number of H-pyrrole nitrogens is 1. The van der Waals surface area contributed by atoms with Crippen LogP contribution >= 0.6 is 27.7 Å². The number of aryl methyl sites for hydroxylation is 1. The van der Waals surface area contributed by atoms with E-state index in [1.165, 1.54) is 11.8 Å². The summed E-state index contributed by atoms with van der Waals surface area (Å²) in [5.74, 6) is 0.810. The molecule has 2 aromatic rings. The SMILES string of the molecule is Cc1nc(Sc2ccc(Br)cn2)n[nH]1. The molecule has 0 aliphatic rings. The van der Waals surface area contributed by atoms with Crippen LogP contribution in [0.5, 0.6) is 0 Å². The fourth-order valence-electron chi connectivity index (χ4n) is 0.884. The molecule has 4 nitrogen and oxygen atoms in total. The molecule has 0 saturated heterocycles. The highest BCUT2D eigenvalue weighted by atomic mass is 79.9. The lowest BCUT2D eigenvalue weighted by molar-refractivity contribution is 0.964. The summed E-state index contributed by atoms with van der Waals surface area (Å²) in [7, 11) is 0. The Labute approximate surface area is 93.7 Å². The van der Waals surface area contributed by atoms with Crippen LogP contribution in [-0.2, 0) is 0 Å². The molecule has 0 fully saturated rings. The number of nitrogens with zero attached hydrogens (tertiary/aromatic N) is 3. The summed E-state index contributed by atoms with van der Waals surface area (Å²) in [6, 6.07) is 3.86. The molecule has 0 spiro atoms. The molecular formula is C8H7BrN4S. The normalized spacial score (nSPS) is 10.4. The molecule has 1 N–H and O–H groups in total. The van der Waals surface area contributed by atoms with Gasteiger partial charge in [0.15, 0.2) is 0 Å². The van der Waals surface area contributed by atoms with Crippen molar-refractivity contribution in [1.29, 1.82) is 0 Å². The zero-order valence-corrected chi connectivity index (χ0v) is 9.76. The predicted octanol–water partition coefficient (Wildman–Crippen LogP) is 2.42. The summed E-state index contributed by atoms with van der Waals surface area (Å²) in [5.41, 5.74) is 0. The average Bonchev–Trinajstić information content (AvgIpc) is 2.56. The molecule has 0 aliphatic heterocycles. The maximum atomic E-state index is 4.21. The average molecular weight is 271 g/mol. The summed E-state index contributed by atoms with van der Waals surface area (Å²) >= 11 is 4.76. The molecule has 14 heavy (non-hydrogen) atoms. The van der Waals surface area contributed by atoms with Gasteiger partial charge in [-0.25, -0.2) is 9.97 Å². The molecule has 0 unspecified atom stereocenters. The molecule has 0 bridgehead atoms. The molecular weight excluding hydrogens is 264 g/mol. The molecule has 6 heteroatoms. The van der Waals surface area contributed by atoms with Crippen LogP contribution in [0, 0.1) is 6.92 Å². The Balaban J connectivity index is 2.15. The van der Waals surface area contributed by atoms with Gasteiger partial charge in [0.05, 0.1) is 0 Å². The van der Waals surface area contributed by atoms with Crippen LogP contribution in [0.3, 0.4) is 0 Å². The zero-order chi connectivity index (χ0) is 9.97. The summed E-state index contributed by atoms with van der Waals surface area (Å²) in [6.45, 7) is 1.87. The molecule has 0 aromatic carbocycles. The van der Waals surface area contributed by atoms with E-state index in [9.17, 15) is 0 Å². The number of aromatic nitrogens is 4. The molecule has 0 atom stereocenters. The first-order valence-electron chi connectivity index (χ1n) is 3.92.